The molecule has 4 rings (SSSR count). The quantitative estimate of drug-likeness (QED) is 0.518. The Kier molecular flexibility index (Phi) is 6.48. The number of H-pyrrole nitrogens is 2. The summed E-state index contributed by atoms with van der Waals surface area (Å²) in [5.74, 6) is 0.467. The molecule has 1 saturated carbocycles. The Morgan fingerprint density at radius 3 is 2.45 bits per heavy atom. The SMILES string of the molecule is C[C@H]1CC[C@H](Cn2c(=O)[nH]c(=O)[nH]/c2=N\c2ccc(Oc3ccc(C(=O)O)nn3)cc2)CC1. The van der Waals surface area contributed by atoms with Crippen LogP contribution in [0.1, 0.15) is 43.1 Å². The molecule has 2 aromatic heterocycles. The van der Waals surface area contributed by atoms with Gasteiger partial charge in [0.25, 0.3) is 0 Å². The largest absolute Gasteiger partial charge is 0.476 e. The molecule has 1 fully saturated rings. The molecule has 2 heterocycles. The Morgan fingerprint density at radius 2 is 1.82 bits per heavy atom. The first kappa shape index (κ1) is 22.2. The summed E-state index contributed by atoms with van der Waals surface area (Å²) in [4.78, 5) is 44.5. The molecule has 1 aliphatic rings. The topological polar surface area (TPSA) is 155 Å². The van der Waals surface area contributed by atoms with Crippen molar-refractivity contribution in [1.82, 2.24) is 24.7 Å². The van der Waals surface area contributed by atoms with Gasteiger partial charge in [-0.1, -0.05) is 19.8 Å². The predicted octanol–water partition coefficient (Wildman–Crippen LogP) is 2.20. The number of nitrogens with one attached hydrogen (secondary N) is 2. The standard InChI is InChI=1S/C22H24N6O5/c1-13-2-4-14(5-3-13)12-28-20(24-21(31)25-22(28)32)23-15-6-8-16(9-7-15)33-18-11-10-17(19(29)30)26-27-18/h6-11,13-14H,2-5,12H2,1H3,(H,29,30)(H2,23,24,25,31,32)/t13-,14-. The van der Waals surface area contributed by atoms with Gasteiger partial charge < -0.3 is 9.84 Å². The van der Waals surface area contributed by atoms with Gasteiger partial charge in [-0.05, 0) is 55.0 Å². The minimum atomic E-state index is -1.17. The minimum absolute atomic E-state index is 0.142. The molecule has 3 aromatic rings. The Labute approximate surface area is 187 Å². The first-order valence-corrected chi connectivity index (χ1v) is 10.7. The third-order valence-electron chi connectivity index (χ3n) is 5.68. The Bertz CT molecular complexity index is 1300. The van der Waals surface area contributed by atoms with Crippen molar-refractivity contribution in [2.75, 3.05) is 0 Å². The normalized spacial score (nSPS) is 18.8. The van der Waals surface area contributed by atoms with Gasteiger partial charge in [0.05, 0.1) is 5.69 Å². The maximum atomic E-state index is 12.5. The summed E-state index contributed by atoms with van der Waals surface area (Å²) in [7, 11) is 0. The molecule has 0 amide bonds. The highest BCUT2D eigenvalue weighted by molar-refractivity contribution is 5.84. The van der Waals surface area contributed by atoms with Gasteiger partial charge in [-0.25, -0.2) is 19.4 Å². The van der Waals surface area contributed by atoms with Gasteiger partial charge in [0, 0.05) is 12.6 Å². The van der Waals surface area contributed by atoms with Crippen LogP contribution < -0.4 is 21.7 Å². The molecule has 0 saturated heterocycles. The predicted molar refractivity (Wildman–Crippen MR) is 118 cm³/mol. The van der Waals surface area contributed by atoms with Crippen LogP contribution in [0.4, 0.5) is 5.69 Å². The van der Waals surface area contributed by atoms with Crippen molar-refractivity contribution in [1.29, 1.82) is 0 Å². The van der Waals surface area contributed by atoms with Gasteiger partial charge in [-0.2, -0.15) is 0 Å². The van der Waals surface area contributed by atoms with Crippen LogP contribution in [0.5, 0.6) is 11.6 Å². The lowest BCUT2D eigenvalue weighted by molar-refractivity contribution is 0.0689. The number of carbonyl (C=O) groups is 1. The van der Waals surface area contributed by atoms with Gasteiger partial charge in [0.15, 0.2) is 5.69 Å². The van der Waals surface area contributed by atoms with Crippen LogP contribution in [0.15, 0.2) is 51.0 Å². The second-order valence-electron chi connectivity index (χ2n) is 8.21. The lowest BCUT2D eigenvalue weighted by Gasteiger charge is -2.26. The summed E-state index contributed by atoms with van der Waals surface area (Å²) in [6.07, 6.45) is 4.33. The van der Waals surface area contributed by atoms with Gasteiger partial charge in [-0.15, -0.1) is 10.2 Å². The van der Waals surface area contributed by atoms with Crippen molar-refractivity contribution in [2.45, 2.75) is 39.2 Å². The number of ether oxygens (including phenoxy) is 1. The van der Waals surface area contributed by atoms with Crippen molar-refractivity contribution in [3.8, 4) is 11.6 Å². The summed E-state index contributed by atoms with van der Waals surface area (Å²) < 4.78 is 7.04. The van der Waals surface area contributed by atoms with E-state index in [2.05, 4.69) is 32.1 Å². The van der Waals surface area contributed by atoms with E-state index in [1.807, 2.05) is 0 Å². The molecule has 3 N–H and O–H groups in total. The van der Waals surface area contributed by atoms with Crippen molar-refractivity contribution in [3.05, 3.63) is 68.7 Å². The van der Waals surface area contributed by atoms with Crippen LogP contribution in [0.25, 0.3) is 0 Å². The maximum absolute atomic E-state index is 12.5. The lowest BCUT2D eigenvalue weighted by Crippen LogP contribution is -2.45. The number of hydrogen-bond acceptors (Lipinski definition) is 7. The zero-order valence-corrected chi connectivity index (χ0v) is 18.0. The molecule has 0 atom stereocenters. The zero-order chi connectivity index (χ0) is 23.4. The number of aromatic amines is 2. The molecule has 0 spiro atoms. The highest BCUT2D eigenvalue weighted by Gasteiger charge is 2.19. The summed E-state index contributed by atoms with van der Waals surface area (Å²) in [6.45, 7) is 2.73. The number of carboxylic acid groups (broad SMARTS) is 1. The fraction of sp³-hybridized carbons (Fsp3) is 0.364. The smallest absolute Gasteiger partial charge is 0.356 e. The van der Waals surface area contributed by atoms with Crippen molar-refractivity contribution in [3.63, 3.8) is 0 Å². The molecule has 0 unspecified atom stereocenters. The molecule has 0 bridgehead atoms. The first-order chi connectivity index (χ1) is 15.9. The van der Waals surface area contributed by atoms with Crippen LogP contribution in [0.3, 0.4) is 0 Å². The van der Waals surface area contributed by atoms with Gasteiger partial charge >= 0.3 is 17.3 Å². The van der Waals surface area contributed by atoms with E-state index < -0.39 is 17.3 Å². The average molecular weight is 452 g/mol. The molecule has 1 aromatic carbocycles. The van der Waals surface area contributed by atoms with Gasteiger partial charge in [0.2, 0.25) is 11.5 Å². The number of hydrogen-bond donors (Lipinski definition) is 3. The number of rotatable bonds is 6. The molecule has 0 aliphatic heterocycles. The molecule has 1 aliphatic carbocycles. The lowest BCUT2D eigenvalue weighted by atomic mass is 9.83. The van der Waals surface area contributed by atoms with Crippen LogP contribution in [0, 0.1) is 11.8 Å². The highest BCUT2D eigenvalue weighted by Crippen LogP contribution is 2.28. The van der Waals surface area contributed by atoms with Crippen molar-refractivity contribution >= 4 is 11.7 Å². The monoisotopic (exact) mass is 452 g/mol. The third kappa shape index (κ3) is 5.62. The Morgan fingerprint density at radius 1 is 1.09 bits per heavy atom. The minimum Gasteiger partial charge on any atom is -0.476 e. The van der Waals surface area contributed by atoms with E-state index in [9.17, 15) is 14.4 Å². The molecule has 11 heteroatoms. The molecule has 172 valence electrons. The zero-order valence-electron chi connectivity index (χ0n) is 18.0. The fourth-order valence-electron chi connectivity index (χ4n) is 3.81. The number of carboxylic acids is 1. The fourth-order valence-corrected chi connectivity index (χ4v) is 3.81. The molecule has 33 heavy (non-hydrogen) atoms. The van der Waals surface area contributed by atoms with Crippen LogP contribution >= 0.6 is 0 Å². The highest BCUT2D eigenvalue weighted by atomic mass is 16.5. The van der Waals surface area contributed by atoms with Gasteiger partial charge in [-0.3, -0.25) is 14.5 Å². The molecule has 11 nitrogen and oxygen atoms in total. The number of nitrogens with zero attached hydrogens (tertiary/aromatic N) is 4. The first-order valence-electron chi connectivity index (χ1n) is 10.7. The van der Waals surface area contributed by atoms with Crippen LogP contribution in [0.2, 0.25) is 0 Å². The van der Waals surface area contributed by atoms with E-state index in [0.29, 0.717) is 29.8 Å². The second kappa shape index (κ2) is 9.63. The van der Waals surface area contributed by atoms with Crippen LogP contribution in [-0.2, 0) is 6.54 Å². The summed E-state index contributed by atoms with van der Waals surface area (Å²) in [5.41, 5.74) is -0.581. The summed E-state index contributed by atoms with van der Waals surface area (Å²) in [6, 6.07) is 9.32. The van der Waals surface area contributed by atoms with E-state index in [-0.39, 0.29) is 17.2 Å². The van der Waals surface area contributed by atoms with E-state index >= 15 is 0 Å². The summed E-state index contributed by atoms with van der Waals surface area (Å²) in [5, 5.41) is 16.2. The van der Waals surface area contributed by atoms with E-state index in [0.717, 1.165) is 25.7 Å². The number of aromatic carboxylic acids is 1. The van der Waals surface area contributed by atoms with Crippen LogP contribution in [-0.4, -0.2) is 35.8 Å². The average Bonchev–Trinajstić information content (AvgIpc) is 2.79. The molecular weight excluding hydrogens is 428 g/mol. The van der Waals surface area contributed by atoms with E-state index in [1.165, 1.54) is 16.7 Å². The van der Waals surface area contributed by atoms with E-state index in [1.54, 1.807) is 24.3 Å². The molecule has 0 radical (unpaired) electrons. The van der Waals surface area contributed by atoms with E-state index in [4.69, 9.17) is 9.84 Å². The summed E-state index contributed by atoms with van der Waals surface area (Å²) >= 11 is 0. The maximum Gasteiger partial charge on any atom is 0.356 e. The molecular formula is C22H24N6O5. The van der Waals surface area contributed by atoms with Gasteiger partial charge in [0.1, 0.15) is 5.75 Å². The Balaban J connectivity index is 1.55. The van der Waals surface area contributed by atoms with Crippen molar-refractivity contribution in [2.24, 2.45) is 16.8 Å². The number of benzene rings is 1. The Hall–Kier alpha value is -4.02. The van der Waals surface area contributed by atoms with Crippen molar-refractivity contribution < 1.29 is 14.6 Å². The third-order valence-corrected chi connectivity index (χ3v) is 5.68. The second-order valence-corrected chi connectivity index (χ2v) is 8.21. The number of aromatic nitrogens is 5.